The molecule has 0 amide bonds. The van der Waals surface area contributed by atoms with Crippen molar-refractivity contribution < 1.29 is 9.13 Å². The van der Waals surface area contributed by atoms with Crippen molar-refractivity contribution in [3.63, 3.8) is 0 Å². The summed E-state index contributed by atoms with van der Waals surface area (Å²) >= 11 is 0. The molecule has 0 aromatic heterocycles. The second-order valence-corrected chi connectivity index (χ2v) is 4.37. The molecule has 0 unspecified atom stereocenters. The lowest BCUT2D eigenvalue weighted by Gasteiger charge is -2.08. The van der Waals surface area contributed by atoms with Crippen LogP contribution in [0.3, 0.4) is 0 Å². The van der Waals surface area contributed by atoms with Crippen LogP contribution in [0.5, 0.6) is 5.75 Å². The third-order valence-electron chi connectivity index (χ3n) is 2.80. The van der Waals surface area contributed by atoms with E-state index in [1.54, 1.807) is 12.1 Å². The number of halogens is 1. The van der Waals surface area contributed by atoms with E-state index in [0.29, 0.717) is 12.4 Å². The Morgan fingerprint density at radius 2 is 1.83 bits per heavy atom. The maximum absolute atomic E-state index is 13.4. The van der Waals surface area contributed by atoms with Crippen LogP contribution >= 0.6 is 0 Å². The third-order valence-corrected chi connectivity index (χ3v) is 2.80. The molecular formula is C16H17FO. The molecule has 0 aliphatic carbocycles. The van der Waals surface area contributed by atoms with Crippen LogP contribution in [0.4, 0.5) is 4.39 Å². The minimum Gasteiger partial charge on any atom is -0.490 e. The molecule has 0 radical (unpaired) electrons. The number of rotatable bonds is 5. The van der Waals surface area contributed by atoms with E-state index in [9.17, 15) is 4.39 Å². The fourth-order valence-electron chi connectivity index (χ4n) is 1.82. The molecule has 0 heterocycles. The highest BCUT2D eigenvalue weighted by Gasteiger charge is 2.02. The van der Waals surface area contributed by atoms with Gasteiger partial charge in [-0.2, -0.15) is 0 Å². The Morgan fingerprint density at radius 3 is 2.61 bits per heavy atom. The zero-order valence-electron chi connectivity index (χ0n) is 10.5. The second-order valence-electron chi connectivity index (χ2n) is 4.37. The highest BCUT2D eigenvalue weighted by molar-refractivity contribution is 5.29. The molecular weight excluding hydrogens is 227 g/mol. The first-order chi connectivity index (χ1) is 8.75. The van der Waals surface area contributed by atoms with Crippen LogP contribution in [-0.4, -0.2) is 6.61 Å². The van der Waals surface area contributed by atoms with Crippen molar-refractivity contribution in [2.45, 2.75) is 19.8 Å². The van der Waals surface area contributed by atoms with Crippen molar-refractivity contribution in [2.75, 3.05) is 6.61 Å². The van der Waals surface area contributed by atoms with Gasteiger partial charge in [0.15, 0.2) is 11.6 Å². The topological polar surface area (TPSA) is 9.23 Å². The molecule has 0 aliphatic heterocycles. The van der Waals surface area contributed by atoms with E-state index >= 15 is 0 Å². The van der Waals surface area contributed by atoms with E-state index in [2.05, 4.69) is 12.1 Å². The normalized spacial score (nSPS) is 10.3. The SMILES string of the molecule is Cc1ccc(F)c(OCCCc2ccccc2)c1. The molecule has 2 rings (SSSR count). The summed E-state index contributed by atoms with van der Waals surface area (Å²) in [5, 5.41) is 0. The van der Waals surface area contributed by atoms with Crippen molar-refractivity contribution in [1.82, 2.24) is 0 Å². The van der Waals surface area contributed by atoms with Crippen LogP contribution in [-0.2, 0) is 6.42 Å². The van der Waals surface area contributed by atoms with E-state index < -0.39 is 0 Å². The fraction of sp³-hybridized carbons (Fsp3) is 0.250. The fourth-order valence-corrected chi connectivity index (χ4v) is 1.82. The van der Waals surface area contributed by atoms with E-state index in [1.165, 1.54) is 11.6 Å². The summed E-state index contributed by atoms with van der Waals surface area (Å²) in [6.07, 6.45) is 1.84. The summed E-state index contributed by atoms with van der Waals surface area (Å²) < 4.78 is 18.9. The van der Waals surface area contributed by atoms with E-state index in [-0.39, 0.29) is 5.82 Å². The first-order valence-corrected chi connectivity index (χ1v) is 6.18. The highest BCUT2D eigenvalue weighted by atomic mass is 19.1. The van der Waals surface area contributed by atoms with E-state index in [4.69, 9.17) is 4.74 Å². The number of hydrogen-bond acceptors (Lipinski definition) is 1. The number of ether oxygens (including phenoxy) is 1. The molecule has 0 bridgehead atoms. The molecule has 94 valence electrons. The van der Waals surface area contributed by atoms with Gasteiger partial charge in [-0.25, -0.2) is 4.39 Å². The van der Waals surface area contributed by atoms with Crippen LogP contribution in [0.15, 0.2) is 48.5 Å². The van der Waals surface area contributed by atoms with Gasteiger partial charge < -0.3 is 4.74 Å². The van der Waals surface area contributed by atoms with Gasteiger partial charge in [-0.1, -0.05) is 36.4 Å². The molecule has 2 heteroatoms. The molecule has 0 saturated carbocycles. The zero-order valence-corrected chi connectivity index (χ0v) is 10.5. The zero-order chi connectivity index (χ0) is 12.8. The Bertz CT molecular complexity index is 494. The van der Waals surface area contributed by atoms with Crippen molar-refractivity contribution in [2.24, 2.45) is 0 Å². The molecule has 0 saturated heterocycles. The van der Waals surface area contributed by atoms with Gasteiger partial charge in [-0.3, -0.25) is 0 Å². The van der Waals surface area contributed by atoms with Gasteiger partial charge in [-0.15, -0.1) is 0 Å². The highest BCUT2D eigenvalue weighted by Crippen LogP contribution is 2.18. The summed E-state index contributed by atoms with van der Waals surface area (Å²) in [7, 11) is 0. The maximum Gasteiger partial charge on any atom is 0.165 e. The molecule has 0 fully saturated rings. The Kier molecular flexibility index (Phi) is 4.35. The molecule has 2 aromatic carbocycles. The average Bonchev–Trinajstić information content (AvgIpc) is 2.40. The first kappa shape index (κ1) is 12.6. The molecule has 1 nitrogen and oxygen atoms in total. The quantitative estimate of drug-likeness (QED) is 0.718. The molecule has 0 atom stereocenters. The van der Waals surface area contributed by atoms with Crippen molar-refractivity contribution >= 4 is 0 Å². The lowest BCUT2D eigenvalue weighted by molar-refractivity contribution is 0.295. The number of aryl methyl sites for hydroxylation is 2. The van der Waals surface area contributed by atoms with Gasteiger partial charge >= 0.3 is 0 Å². The van der Waals surface area contributed by atoms with E-state index in [1.807, 2.05) is 25.1 Å². The molecule has 0 N–H and O–H groups in total. The Labute approximate surface area is 107 Å². The van der Waals surface area contributed by atoms with Gasteiger partial charge in [0.05, 0.1) is 6.61 Å². The van der Waals surface area contributed by atoms with Crippen molar-refractivity contribution in [3.05, 3.63) is 65.5 Å². The van der Waals surface area contributed by atoms with Gasteiger partial charge in [0.25, 0.3) is 0 Å². The van der Waals surface area contributed by atoms with Gasteiger partial charge in [0.1, 0.15) is 0 Å². The van der Waals surface area contributed by atoms with E-state index in [0.717, 1.165) is 18.4 Å². The van der Waals surface area contributed by atoms with Crippen LogP contribution in [0.25, 0.3) is 0 Å². The minimum absolute atomic E-state index is 0.291. The Morgan fingerprint density at radius 1 is 1.06 bits per heavy atom. The Hall–Kier alpha value is -1.83. The largest absolute Gasteiger partial charge is 0.490 e. The summed E-state index contributed by atoms with van der Waals surface area (Å²) in [5.74, 6) is 0.0587. The number of hydrogen-bond donors (Lipinski definition) is 0. The van der Waals surface area contributed by atoms with Crippen molar-refractivity contribution in [1.29, 1.82) is 0 Å². The van der Waals surface area contributed by atoms with Gasteiger partial charge in [-0.05, 0) is 43.0 Å². The molecule has 0 aliphatic rings. The average molecular weight is 244 g/mol. The van der Waals surface area contributed by atoms with Crippen LogP contribution in [0, 0.1) is 12.7 Å². The third kappa shape index (κ3) is 3.59. The predicted octanol–water partition coefficient (Wildman–Crippen LogP) is 4.15. The molecule has 2 aromatic rings. The lowest BCUT2D eigenvalue weighted by atomic mass is 10.1. The van der Waals surface area contributed by atoms with Gasteiger partial charge in [0.2, 0.25) is 0 Å². The summed E-state index contributed by atoms with van der Waals surface area (Å²) in [6, 6.07) is 15.2. The number of benzene rings is 2. The lowest BCUT2D eigenvalue weighted by Crippen LogP contribution is -2.01. The standard InChI is InChI=1S/C16H17FO/c1-13-9-10-15(17)16(12-13)18-11-5-8-14-6-3-2-4-7-14/h2-4,6-7,9-10,12H,5,8,11H2,1H3. The van der Waals surface area contributed by atoms with Crippen molar-refractivity contribution in [3.8, 4) is 5.75 Å². The van der Waals surface area contributed by atoms with Gasteiger partial charge in [0, 0.05) is 0 Å². The monoisotopic (exact) mass is 244 g/mol. The summed E-state index contributed by atoms with van der Waals surface area (Å²) in [4.78, 5) is 0. The van der Waals surface area contributed by atoms with Crippen LogP contribution < -0.4 is 4.74 Å². The smallest absolute Gasteiger partial charge is 0.165 e. The first-order valence-electron chi connectivity index (χ1n) is 6.18. The summed E-state index contributed by atoms with van der Waals surface area (Å²) in [6.45, 7) is 2.46. The van der Waals surface area contributed by atoms with Crippen LogP contribution in [0.1, 0.15) is 17.5 Å². The van der Waals surface area contributed by atoms with Crippen LogP contribution in [0.2, 0.25) is 0 Å². The predicted molar refractivity (Wildman–Crippen MR) is 71.4 cm³/mol. The second kappa shape index (κ2) is 6.20. The molecule has 0 spiro atoms. The maximum atomic E-state index is 13.4. The Balaban J connectivity index is 1.80. The summed E-state index contributed by atoms with van der Waals surface area (Å²) in [5.41, 5.74) is 2.29. The minimum atomic E-state index is -0.291. The molecule has 18 heavy (non-hydrogen) atoms.